The van der Waals surface area contributed by atoms with E-state index in [-0.39, 0.29) is 28.8 Å². The van der Waals surface area contributed by atoms with Crippen LogP contribution in [0, 0.1) is 0 Å². The second-order valence-corrected chi connectivity index (χ2v) is 2.95. The van der Waals surface area contributed by atoms with E-state index < -0.39 is 5.97 Å². The number of carbonyl (C=O) groups is 1. The largest absolute Gasteiger partial charge is 0.506 e. The Bertz CT molecular complexity index is 343. The molecule has 0 aliphatic rings. The fraction of sp³-hybridized carbons (Fsp3) is 0.125. The van der Waals surface area contributed by atoms with E-state index >= 15 is 0 Å². The minimum absolute atomic E-state index is 0.161. The van der Waals surface area contributed by atoms with Gasteiger partial charge in [-0.2, -0.15) is 0 Å². The molecule has 5 nitrogen and oxygen atoms in total. The van der Waals surface area contributed by atoms with Crippen molar-refractivity contribution in [3.63, 3.8) is 0 Å². The van der Waals surface area contributed by atoms with Gasteiger partial charge in [-0.3, -0.25) is 4.79 Å². The van der Waals surface area contributed by atoms with E-state index in [0.29, 0.717) is 0 Å². The molecular weight excluding hydrogens is 210 g/mol. The Labute approximate surface area is 84.6 Å². The van der Waals surface area contributed by atoms with Crippen LogP contribution in [0.25, 0.3) is 0 Å². The highest BCUT2D eigenvalue weighted by atomic mass is 35.5. The number of phenolic OH excluding ortho intramolecular Hbond substituents is 2. The van der Waals surface area contributed by atoms with Crippen molar-refractivity contribution in [1.29, 1.82) is 0 Å². The third kappa shape index (κ3) is 2.43. The number of aromatic hydroxyl groups is 2. The molecule has 0 spiro atoms. The van der Waals surface area contributed by atoms with Crippen LogP contribution in [-0.2, 0) is 4.79 Å². The summed E-state index contributed by atoms with van der Waals surface area (Å²) >= 11 is 5.47. The summed E-state index contributed by atoms with van der Waals surface area (Å²) in [7, 11) is 0. The summed E-state index contributed by atoms with van der Waals surface area (Å²) in [5.74, 6) is -1.65. The summed E-state index contributed by atoms with van der Waals surface area (Å²) < 4.78 is 0. The number of carboxylic acids is 1. The average Bonchev–Trinajstić information content (AvgIpc) is 2.10. The number of halogens is 1. The van der Waals surface area contributed by atoms with Gasteiger partial charge in [-0.1, -0.05) is 11.6 Å². The fourth-order valence-corrected chi connectivity index (χ4v) is 0.983. The Morgan fingerprint density at radius 3 is 2.29 bits per heavy atom. The highest BCUT2D eigenvalue weighted by Gasteiger charge is 2.07. The van der Waals surface area contributed by atoms with Crippen LogP contribution in [0.2, 0.25) is 5.02 Å². The zero-order valence-corrected chi connectivity index (χ0v) is 7.75. The van der Waals surface area contributed by atoms with E-state index in [2.05, 4.69) is 5.32 Å². The maximum Gasteiger partial charge on any atom is 0.322 e. The highest BCUT2D eigenvalue weighted by molar-refractivity contribution is 6.33. The van der Waals surface area contributed by atoms with Crippen molar-refractivity contribution in [1.82, 2.24) is 0 Å². The first kappa shape index (κ1) is 10.5. The van der Waals surface area contributed by atoms with Crippen LogP contribution in [0.1, 0.15) is 0 Å². The first-order valence-corrected chi connectivity index (χ1v) is 4.05. The molecule has 0 aromatic heterocycles. The molecule has 1 aromatic carbocycles. The fourth-order valence-electron chi connectivity index (χ4n) is 0.874. The maximum atomic E-state index is 10.2. The average molecular weight is 218 g/mol. The standard InChI is InChI=1S/C8H8ClNO4/c9-8-5(11)1-4(2-6(8)12)10-3-7(13)14/h1-2,10-12H,3H2,(H,13,14). The van der Waals surface area contributed by atoms with Crippen molar-refractivity contribution in [2.75, 3.05) is 11.9 Å². The van der Waals surface area contributed by atoms with Gasteiger partial charge in [-0.05, 0) is 0 Å². The molecule has 14 heavy (non-hydrogen) atoms. The maximum absolute atomic E-state index is 10.2. The first-order chi connectivity index (χ1) is 6.50. The molecule has 0 saturated carbocycles. The number of nitrogens with one attached hydrogen (secondary N) is 1. The number of benzene rings is 1. The summed E-state index contributed by atoms with van der Waals surface area (Å²) in [6, 6.07) is 2.45. The second kappa shape index (κ2) is 4.06. The van der Waals surface area contributed by atoms with E-state index in [1.165, 1.54) is 12.1 Å². The molecule has 0 aliphatic heterocycles. The van der Waals surface area contributed by atoms with Crippen LogP contribution in [-0.4, -0.2) is 27.8 Å². The number of aliphatic carboxylic acids is 1. The smallest absolute Gasteiger partial charge is 0.322 e. The lowest BCUT2D eigenvalue weighted by Crippen LogP contribution is -2.12. The van der Waals surface area contributed by atoms with Crippen molar-refractivity contribution in [3.05, 3.63) is 17.2 Å². The molecule has 0 radical (unpaired) electrons. The van der Waals surface area contributed by atoms with E-state index in [4.69, 9.17) is 26.9 Å². The van der Waals surface area contributed by atoms with Crippen molar-refractivity contribution in [2.24, 2.45) is 0 Å². The lowest BCUT2D eigenvalue weighted by atomic mass is 10.2. The number of carboxylic acid groups (broad SMARTS) is 1. The van der Waals surface area contributed by atoms with Gasteiger partial charge in [0, 0.05) is 17.8 Å². The van der Waals surface area contributed by atoms with Crippen LogP contribution in [0.15, 0.2) is 12.1 Å². The van der Waals surface area contributed by atoms with E-state index in [1.807, 2.05) is 0 Å². The topological polar surface area (TPSA) is 89.8 Å². The van der Waals surface area contributed by atoms with E-state index in [0.717, 1.165) is 0 Å². The van der Waals surface area contributed by atoms with Gasteiger partial charge < -0.3 is 20.6 Å². The van der Waals surface area contributed by atoms with Gasteiger partial charge in [-0.15, -0.1) is 0 Å². The lowest BCUT2D eigenvalue weighted by Gasteiger charge is -2.06. The third-order valence-electron chi connectivity index (χ3n) is 1.48. The Balaban J connectivity index is 2.84. The van der Waals surface area contributed by atoms with Crippen LogP contribution in [0.5, 0.6) is 11.5 Å². The summed E-state index contributed by atoms with van der Waals surface area (Å²) in [5.41, 5.74) is 0.284. The van der Waals surface area contributed by atoms with Crippen molar-refractivity contribution in [2.45, 2.75) is 0 Å². The lowest BCUT2D eigenvalue weighted by molar-refractivity contribution is -0.134. The number of hydrogen-bond donors (Lipinski definition) is 4. The molecule has 0 heterocycles. The molecule has 0 saturated heterocycles. The molecule has 0 unspecified atom stereocenters. The molecular formula is C8H8ClNO4. The van der Waals surface area contributed by atoms with Gasteiger partial charge in [0.2, 0.25) is 0 Å². The Hall–Kier alpha value is -1.62. The van der Waals surface area contributed by atoms with Crippen molar-refractivity contribution < 1.29 is 20.1 Å². The number of phenols is 2. The van der Waals surface area contributed by atoms with Gasteiger partial charge in [0.1, 0.15) is 23.1 Å². The zero-order chi connectivity index (χ0) is 10.7. The molecule has 4 N–H and O–H groups in total. The molecule has 6 heteroatoms. The highest BCUT2D eigenvalue weighted by Crippen LogP contribution is 2.35. The monoisotopic (exact) mass is 217 g/mol. The molecule has 0 aliphatic carbocycles. The molecule has 76 valence electrons. The van der Waals surface area contributed by atoms with Gasteiger partial charge in [0.15, 0.2) is 0 Å². The molecule has 0 amide bonds. The minimum atomic E-state index is -1.04. The van der Waals surface area contributed by atoms with Gasteiger partial charge in [-0.25, -0.2) is 0 Å². The summed E-state index contributed by atoms with van der Waals surface area (Å²) in [6.07, 6.45) is 0. The third-order valence-corrected chi connectivity index (χ3v) is 1.87. The predicted octanol–water partition coefficient (Wildman–Crippen LogP) is 1.25. The number of rotatable bonds is 3. The Kier molecular flexibility index (Phi) is 3.03. The molecule has 1 rings (SSSR count). The van der Waals surface area contributed by atoms with Crippen molar-refractivity contribution >= 4 is 23.3 Å². The zero-order valence-electron chi connectivity index (χ0n) is 6.99. The van der Waals surface area contributed by atoms with Crippen LogP contribution in [0.3, 0.4) is 0 Å². The van der Waals surface area contributed by atoms with Crippen LogP contribution >= 0.6 is 11.6 Å². The number of anilines is 1. The molecule has 0 atom stereocenters. The van der Waals surface area contributed by atoms with Gasteiger partial charge >= 0.3 is 5.97 Å². The molecule has 0 fully saturated rings. The normalized spacial score (nSPS) is 9.79. The Morgan fingerprint density at radius 1 is 1.36 bits per heavy atom. The predicted molar refractivity (Wildman–Crippen MR) is 50.9 cm³/mol. The van der Waals surface area contributed by atoms with E-state index in [9.17, 15) is 4.79 Å². The number of hydrogen-bond acceptors (Lipinski definition) is 4. The Morgan fingerprint density at radius 2 is 1.86 bits per heavy atom. The molecule has 0 bridgehead atoms. The second-order valence-electron chi connectivity index (χ2n) is 2.58. The van der Waals surface area contributed by atoms with Gasteiger partial charge in [0.05, 0.1) is 0 Å². The van der Waals surface area contributed by atoms with Crippen LogP contribution in [0.4, 0.5) is 5.69 Å². The molecule has 1 aromatic rings. The minimum Gasteiger partial charge on any atom is -0.506 e. The summed E-state index contributed by atoms with van der Waals surface area (Å²) in [6.45, 7) is -0.305. The van der Waals surface area contributed by atoms with Crippen molar-refractivity contribution in [3.8, 4) is 11.5 Å². The van der Waals surface area contributed by atoms with Crippen LogP contribution < -0.4 is 5.32 Å². The summed E-state index contributed by atoms with van der Waals surface area (Å²) in [4.78, 5) is 10.2. The van der Waals surface area contributed by atoms with E-state index in [1.54, 1.807) is 0 Å². The van der Waals surface area contributed by atoms with Gasteiger partial charge in [0.25, 0.3) is 0 Å². The summed E-state index contributed by atoms with van der Waals surface area (Å²) in [5, 5.41) is 29.0. The first-order valence-electron chi connectivity index (χ1n) is 3.68. The quantitative estimate of drug-likeness (QED) is 0.612. The SMILES string of the molecule is O=C(O)CNc1cc(O)c(Cl)c(O)c1.